The predicted molar refractivity (Wildman–Crippen MR) is 128 cm³/mol. The lowest BCUT2D eigenvalue weighted by atomic mass is 10.0. The predicted octanol–water partition coefficient (Wildman–Crippen LogP) is 6.31. The van der Waals surface area contributed by atoms with Gasteiger partial charge < -0.3 is 4.98 Å². The molecule has 0 atom stereocenters. The Kier molecular flexibility index (Phi) is 4.84. The van der Waals surface area contributed by atoms with Gasteiger partial charge in [0, 0.05) is 38.8 Å². The Morgan fingerprint density at radius 3 is 2.61 bits per heavy atom. The number of allylic oxidation sites excluding steroid dienone is 2. The number of aromatic amines is 2. The first kappa shape index (κ1) is 19.2. The van der Waals surface area contributed by atoms with E-state index in [1.165, 1.54) is 9.75 Å². The third-order valence-electron chi connectivity index (χ3n) is 5.23. The summed E-state index contributed by atoms with van der Waals surface area (Å²) in [5.41, 5.74) is 6.98. The number of thiophene rings is 1. The molecule has 0 aliphatic carbocycles. The van der Waals surface area contributed by atoms with Crippen molar-refractivity contribution in [3.63, 3.8) is 0 Å². The first-order valence-corrected chi connectivity index (χ1v) is 10.8. The van der Waals surface area contributed by atoms with Crippen LogP contribution in [0.4, 0.5) is 0 Å². The second kappa shape index (κ2) is 7.81. The van der Waals surface area contributed by atoms with Gasteiger partial charge >= 0.3 is 0 Å². The van der Waals surface area contributed by atoms with Crippen LogP contribution >= 0.6 is 11.3 Å². The van der Waals surface area contributed by atoms with Crippen LogP contribution in [-0.4, -0.2) is 25.1 Å². The minimum Gasteiger partial charge on any atom is -0.340 e. The summed E-state index contributed by atoms with van der Waals surface area (Å²) in [5, 5.41) is 8.73. The Morgan fingerprint density at radius 1 is 1.03 bits per heavy atom. The number of imidazole rings is 1. The number of pyridine rings is 1. The monoisotopic (exact) mass is 423 g/mol. The number of H-pyrrole nitrogens is 2. The normalized spacial score (nSPS) is 11.9. The van der Waals surface area contributed by atoms with Crippen LogP contribution in [0.15, 0.2) is 73.6 Å². The summed E-state index contributed by atoms with van der Waals surface area (Å²) in [6.07, 6.45) is 7.43. The van der Waals surface area contributed by atoms with Gasteiger partial charge in [-0.05, 0) is 61.4 Å². The first-order valence-electron chi connectivity index (χ1n) is 9.99. The molecule has 152 valence electrons. The van der Waals surface area contributed by atoms with Crippen molar-refractivity contribution in [2.75, 3.05) is 0 Å². The fourth-order valence-corrected chi connectivity index (χ4v) is 4.62. The molecular weight excluding hydrogens is 402 g/mol. The molecule has 6 heteroatoms. The number of nitrogens with zero attached hydrogens (tertiary/aromatic N) is 3. The summed E-state index contributed by atoms with van der Waals surface area (Å²) in [4.78, 5) is 14.9. The maximum atomic E-state index is 4.95. The largest absolute Gasteiger partial charge is 0.340 e. The van der Waals surface area contributed by atoms with Crippen molar-refractivity contribution in [1.82, 2.24) is 25.1 Å². The lowest BCUT2D eigenvalue weighted by Gasteiger charge is -2.02. The van der Waals surface area contributed by atoms with Crippen molar-refractivity contribution < 1.29 is 0 Å². The van der Waals surface area contributed by atoms with E-state index in [-0.39, 0.29) is 0 Å². The maximum Gasteiger partial charge on any atom is 0.159 e. The van der Waals surface area contributed by atoms with E-state index in [1.54, 1.807) is 23.7 Å². The summed E-state index contributed by atoms with van der Waals surface area (Å²) in [6, 6.07) is 14.6. The number of hydrogen-bond donors (Lipinski definition) is 2. The average molecular weight is 424 g/mol. The third kappa shape index (κ3) is 3.51. The molecule has 0 spiro atoms. The van der Waals surface area contributed by atoms with Gasteiger partial charge in [-0.3, -0.25) is 10.1 Å². The van der Waals surface area contributed by atoms with Crippen LogP contribution in [0.25, 0.3) is 39.1 Å². The Labute approximate surface area is 184 Å². The third-order valence-corrected chi connectivity index (χ3v) is 6.26. The highest BCUT2D eigenvalue weighted by molar-refractivity contribution is 7.13. The molecule has 0 saturated heterocycles. The van der Waals surface area contributed by atoms with E-state index in [9.17, 15) is 0 Å². The molecule has 0 aliphatic rings. The summed E-state index contributed by atoms with van der Waals surface area (Å²) in [7, 11) is 0. The van der Waals surface area contributed by atoms with Crippen molar-refractivity contribution in [1.29, 1.82) is 0 Å². The molecule has 4 heterocycles. The number of rotatable bonds is 5. The number of hydrogen-bond acceptors (Lipinski definition) is 4. The van der Waals surface area contributed by atoms with E-state index < -0.39 is 0 Å². The summed E-state index contributed by atoms with van der Waals surface area (Å²) in [6.45, 7) is 8.04. The van der Waals surface area contributed by atoms with Gasteiger partial charge in [-0.1, -0.05) is 24.8 Å². The van der Waals surface area contributed by atoms with Gasteiger partial charge in [-0.15, -0.1) is 11.3 Å². The van der Waals surface area contributed by atoms with Crippen LogP contribution in [-0.2, 0) is 0 Å². The molecule has 0 fully saturated rings. The van der Waals surface area contributed by atoms with E-state index in [0.717, 1.165) is 50.5 Å². The van der Waals surface area contributed by atoms with E-state index in [4.69, 9.17) is 4.98 Å². The maximum absolute atomic E-state index is 4.95. The van der Waals surface area contributed by atoms with Crippen molar-refractivity contribution in [2.45, 2.75) is 13.8 Å². The molecule has 0 unspecified atom stereocenters. The van der Waals surface area contributed by atoms with Crippen LogP contribution in [0.3, 0.4) is 0 Å². The molecule has 0 bridgehead atoms. The number of fused-ring (bicyclic) bond motifs is 1. The molecule has 0 saturated carbocycles. The Bertz CT molecular complexity index is 1420. The fourth-order valence-electron chi connectivity index (χ4n) is 3.73. The van der Waals surface area contributed by atoms with Crippen LogP contribution < -0.4 is 0 Å². The average Bonchev–Trinajstić information content (AvgIpc) is 3.50. The summed E-state index contributed by atoms with van der Waals surface area (Å²) in [5.74, 6) is 0.744. The molecule has 2 N–H and O–H groups in total. The number of aromatic nitrogens is 5. The zero-order chi connectivity index (χ0) is 21.4. The van der Waals surface area contributed by atoms with Crippen molar-refractivity contribution >= 4 is 27.8 Å². The molecule has 5 nitrogen and oxygen atoms in total. The highest BCUT2D eigenvalue weighted by Gasteiger charge is 2.18. The van der Waals surface area contributed by atoms with Gasteiger partial charge in [0.15, 0.2) is 5.82 Å². The minimum atomic E-state index is 0.744. The zero-order valence-electron chi connectivity index (χ0n) is 17.3. The Balaban J connectivity index is 1.61. The summed E-state index contributed by atoms with van der Waals surface area (Å²) >= 11 is 1.75. The lowest BCUT2D eigenvalue weighted by Crippen LogP contribution is -1.88. The van der Waals surface area contributed by atoms with Crippen molar-refractivity contribution in [3.8, 4) is 22.6 Å². The highest BCUT2D eigenvalue weighted by atomic mass is 32.1. The van der Waals surface area contributed by atoms with Crippen LogP contribution in [0, 0.1) is 13.8 Å². The summed E-state index contributed by atoms with van der Waals surface area (Å²) < 4.78 is 0. The lowest BCUT2D eigenvalue weighted by molar-refractivity contribution is 1.10. The molecular formula is C25H21N5S. The van der Waals surface area contributed by atoms with Gasteiger partial charge in [0.2, 0.25) is 0 Å². The van der Waals surface area contributed by atoms with Crippen LogP contribution in [0.1, 0.15) is 21.1 Å². The minimum absolute atomic E-state index is 0.744. The molecule has 31 heavy (non-hydrogen) atoms. The van der Waals surface area contributed by atoms with E-state index in [1.807, 2.05) is 31.2 Å². The first-order chi connectivity index (χ1) is 15.1. The van der Waals surface area contributed by atoms with E-state index >= 15 is 0 Å². The van der Waals surface area contributed by atoms with Gasteiger partial charge in [-0.2, -0.15) is 5.10 Å². The number of nitrogens with one attached hydrogen (secondary N) is 2. The quantitative estimate of drug-likeness (QED) is 0.325. The second-order valence-electron chi connectivity index (χ2n) is 7.35. The topological polar surface area (TPSA) is 70.2 Å². The zero-order valence-corrected chi connectivity index (χ0v) is 18.1. The molecule has 4 aromatic heterocycles. The molecule has 1 aromatic carbocycles. The van der Waals surface area contributed by atoms with Gasteiger partial charge in [0.05, 0.1) is 11.2 Å². The fraction of sp³-hybridized carbons (Fsp3) is 0.0800. The van der Waals surface area contributed by atoms with Crippen molar-refractivity contribution in [2.24, 2.45) is 0 Å². The molecule has 0 amide bonds. The standard InChI is InChI=1S/C25H21N5S/c1-4-5-19(22-9-6-15(2)31-22)23-16(3)27-25(28-23)24-20-14-18(7-8-21(20)29-30-24)17-10-12-26-13-11-17/h4-14H,1H2,2-3H3,(H,27,28)(H,29,30)/b19-5-. The second-order valence-corrected chi connectivity index (χ2v) is 8.64. The Hall–Kier alpha value is -3.77. The van der Waals surface area contributed by atoms with E-state index in [2.05, 4.69) is 64.0 Å². The van der Waals surface area contributed by atoms with Gasteiger partial charge in [0.1, 0.15) is 5.69 Å². The Morgan fingerprint density at radius 2 is 1.87 bits per heavy atom. The smallest absolute Gasteiger partial charge is 0.159 e. The molecule has 0 radical (unpaired) electrons. The van der Waals surface area contributed by atoms with Crippen molar-refractivity contribution in [3.05, 3.63) is 94.7 Å². The van der Waals surface area contributed by atoms with Gasteiger partial charge in [-0.25, -0.2) is 4.98 Å². The molecule has 5 aromatic rings. The number of aryl methyl sites for hydroxylation is 2. The van der Waals surface area contributed by atoms with E-state index in [0.29, 0.717) is 0 Å². The highest BCUT2D eigenvalue weighted by Crippen LogP contribution is 2.34. The molecule has 5 rings (SSSR count). The number of benzene rings is 1. The van der Waals surface area contributed by atoms with Crippen LogP contribution in [0.5, 0.6) is 0 Å². The van der Waals surface area contributed by atoms with Crippen LogP contribution in [0.2, 0.25) is 0 Å². The molecule has 0 aliphatic heterocycles. The van der Waals surface area contributed by atoms with Gasteiger partial charge in [0.25, 0.3) is 0 Å². The SMILES string of the molecule is C=C/C=C(/c1ccc(C)s1)c1nc(-c2n[nH]c3ccc(-c4ccncc4)cc23)[nH]c1C.